The number of hydrogen-bond donors (Lipinski definition) is 2. The molecular weight excluding hydrogens is 184 g/mol. The van der Waals surface area contributed by atoms with E-state index in [0.29, 0.717) is 13.0 Å². The van der Waals surface area contributed by atoms with Gasteiger partial charge in [0.25, 0.3) is 0 Å². The molecule has 5 nitrogen and oxygen atoms in total. The van der Waals surface area contributed by atoms with E-state index in [1.807, 2.05) is 0 Å². The quantitative estimate of drug-likeness (QED) is 0.651. The molecule has 2 saturated heterocycles. The normalized spacial score (nSPS) is 28.1. The molecule has 2 aliphatic heterocycles. The molecule has 0 aromatic rings. The van der Waals surface area contributed by atoms with Crippen molar-refractivity contribution in [3.8, 4) is 0 Å². The molecule has 0 radical (unpaired) electrons. The van der Waals surface area contributed by atoms with Crippen LogP contribution in [-0.2, 0) is 4.79 Å². The van der Waals surface area contributed by atoms with Gasteiger partial charge in [0.15, 0.2) is 5.78 Å². The van der Waals surface area contributed by atoms with Crippen LogP contribution in [0.25, 0.3) is 0 Å². The van der Waals surface area contributed by atoms with Gasteiger partial charge in [-0.05, 0) is 0 Å². The molecule has 14 heavy (non-hydrogen) atoms. The summed E-state index contributed by atoms with van der Waals surface area (Å²) in [5.41, 5.74) is -0.0779. The Balaban J connectivity index is 2.13. The minimum atomic E-state index is -0.977. The average molecular weight is 198 g/mol. The molecule has 2 N–H and O–H groups in total. The predicted molar refractivity (Wildman–Crippen MR) is 49.1 cm³/mol. The lowest BCUT2D eigenvalue weighted by Gasteiger charge is -2.60. The maximum absolute atomic E-state index is 11.6. The van der Waals surface area contributed by atoms with E-state index < -0.39 is 12.1 Å². The van der Waals surface area contributed by atoms with Gasteiger partial charge in [0, 0.05) is 31.5 Å². The van der Waals surface area contributed by atoms with E-state index in [1.165, 1.54) is 4.90 Å². The molecule has 0 saturated carbocycles. The summed E-state index contributed by atoms with van der Waals surface area (Å²) < 4.78 is 0. The SMILES string of the molecule is CCC(=O)C1N(C(=O)O)CC12CNC2. The Morgan fingerprint density at radius 1 is 1.57 bits per heavy atom. The zero-order valence-corrected chi connectivity index (χ0v) is 8.12. The van der Waals surface area contributed by atoms with Crippen LogP contribution in [0, 0.1) is 5.41 Å². The Hall–Kier alpha value is -1.10. The van der Waals surface area contributed by atoms with Crippen LogP contribution in [0.1, 0.15) is 13.3 Å². The van der Waals surface area contributed by atoms with Gasteiger partial charge < -0.3 is 10.4 Å². The molecule has 2 aliphatic rings. The van der Waals surface area contributed by atoms with Gasteiger partial charge in [-0.3, -0.25) is 9.69 Å². The maximum Gasteiger partial charge on any atom is 0.407 e. The molecule has 2 heterocycles. The molecule has 5 heteroatoms. The van der Waals surface area contributed by atoms with E-state index in [0.717, 1.165) is 13.1 Å². The topological polar surface area (TPSA) is 69.6 Å². The second-order valence-electron chi connectivity index (χ2n) is 4.10. The van der Waals surface area contributed by atoms with Crippen molar-refractivity contribution in [2.45, 2.75) is 19.4 Å². The number of nitrogens with one attached hydrogen (secondary N) is 1. The second-order valence-corrected chi connectivity index (χ2v) is 4.10. The molecule has 78 valence electrons. The van der Waals surface area contributed by atoms with Gasteiger partial charge in [-0.25, -0.2) is 4.79 Å². The first-order chi connectivity index (χ1) is 6.60. The number of likely N-dealkylation sites (tertiary alicyclic amines) is 1. The summed E-state index contributed by atoms with van der Waals surface area (Å²) in [4.78, 5) is 23.6. The number of rotatable bonds is 2. The highest BCUT2D eigenvalue weighted by Crippen LogP contribution is 2.41. The van der Waals surface area contributed by atoms with Crippen LogP contribution in [0.2, 0.25) is 0 Å². The van der Waals surface area contributed by atoms with E-state index in [1.54, 1.807) is 6.92 Å². The Bertz CT molecular complexity index is 286. The van der Waals surface area contributed by atoms with Crippen molar-refractivity contribution in [1.82, 2.24) is 10.2 Å². The number of Topliss-reactive ketones (excluding diaryl/α,β-unsaturated/α-hetero) is 1. The van der Waals surface area contributed by atoms with Crippen molar-refractivity contribution < 1.29 is 14.7 Å². The second kappa shape index (κ2) is 2.95. The summed E-state index contributed by atoms with van der Waals surface area (Å²) in [6.45, 7) is 3.83. The van der Waals surface area contributed by atoms with Crippen molar-refractivity contribution in [2.75, 3.05) is 19.6 Å². The zero-order valence-electron chi connectivity index (χ0n) is 8.12. The number of carbonyl (C=O) groups is 2. The molecule has 1 unspecified atom stereocenters. The van der Waals surface area contributed by atoms with E-state index in [-0.39, 0.29) is 11.2 Å². The Morgan fingerprint density at radius 2 is 2.21 bits per heavy atom. The third kappa shape index (κ3) is 1.05. The molecule has 0 aromatic heterocycles. The van der Waals surface area contributed by atoms with Crippen molar-refractivity contribution in [1.29, 1.82) is 0 Å². The molecule has 2 fully saturated rings. The minimum Gasteiger partial charge on any atom is -0.465 e. The van der Waals surface area contributed by atoms with Gasteiger partial charge in [-0.1, -0.05) is 6.92 Å². The Labute approximate surface area is 82.1 Å². The highest BCUT2D eigenvalue weighted by Gasteiger charge is 2.60. The predicted octanol–water partition coefficient (Wildman–Crippen LogP) is -0.0827. The molecular formula is C9H14N2O3. The average Bonchev–Trinajstić information content (AvgIpc) is 1.98. The third-order valence-corrected chi connectivity index (χ3v) is 3.23. The summed E-state index contributed by atoms with van der Waals surface area (Å²) in [6, 6.07) is -0.397. The molecule has 1 atom stereocenters. The van der Waals surface area contributed by atoms with Crippen molar-refractivity contribution in [2.24, 2.45) is 5.41 Å². The van der Waals surface area contributed by atoms with Gasteiger partial charge in [-0.15, -0.1) is 0 Å². The van der Waals surface area contributed by atoms with Gasteiger partial charge >= 0.3 is 6.09 Å². The molecule has 1 spiro atoms. The third-order valence-electron chi connectivity index (χ3n) is 3.23. The highest BCUT2D eigenvalue weighted by atomic mass is 16.4. The molecule has 0 aliphatic carbocycles. The Kier molecular flexibility index (Phi) is 1.99. The monoisotopic (exact) mass is 198 g/mol. The number of carbonyl (C=O) groups excluding carboxylic acids is 1. The van der Waals surface area contributed by atoms with Crippen LogP contribution in [0.4, 0.5) is 4.79 Å². The largest absolute Gasteiger partial charge is 0.465 e. The van der Waals surface area contributed by atoms with Crippen LogP contribution in [0.15, 0.2) is 0 Å². The first-order valence-electron chi connectivity index (χ1n) is 4.84. The summed E-state index contributed by atoms with van der Waals surface area (Å²) in [7, 11) is 0. The van der Waals surface area contributed by atoms with Crippen LogP contribution < -0.4 is 5.32 Å². The fraction of sp³-hybridized carbons (Fsp3) is 0.778. The van der Waals surface area contributed by atoms with Crippen molar-refractivity contribution in [3.63, 3.8) is 0 Å². The van der Waals surface area contributed by atoms with Crippen LogP contribution >= 0.6 is 0 Å². The van der Waals surface area contributed by atoms with Gasteiger partial charge in [0.2, 0.25) is 0 Å². The lowest BCUT2D eigenvalue weighted by molar-refractivity contribution is -0.147. The Morgan fingerprint density at radius 3 is 2.57 bits per heavy atom. The van der Waals surface area contributed by atoms with Gasteiger partial charge in [0.1, 0.15) is 6.04 Å². The first kappa shape index (κ1) is 9.45. The van der Waals surface area contributed by atoms with E-state index in [2.05, 4.69) is 5.32 Å². The van der Waals surface area contributed by atoms with Crippen LogP contribution in [0.5, 0.6) is 0 Å². The van der Waals surface area contributed by atoms with Crippen LogP contribution in [0.3, 0.4) is 0 Å². The van der Waals surface area contributed by atoms with Gasteiger partial charge in [0.05, 0.1) is 0 Å². The lowest BCUT2D eigenvalue weighted by Crippen LogP contribution is -2.79. The van der Waals surface area contributed by atoms with Gasteiger partial charge in [-0.2, -0.15) is 0 Å². The standard InChI is InChI=1S/C9H14N2O3/c1-2-6(12)7-9(3-10-4-9)5-11(7)8(13)14/h7,10H,2-5H2,1H3,(H,13,14). The fourth-order valence-electron chi connectivity index (χ4n) is 2.37. The molecule has 1 amide bonds. The number of hydrogen-bond acceptors (Lipinski definition) is 3. The number of carboxylic acid groups (broad SMARTS) is 1. The van der Waals surface area contributed by atoms with E-state index >= 15 is 0 Å². The minimum absolute atomic E-state index is 0.0418. The zero-order chi connectivity index (χ0) is 10.3. The highest BCUT2D eigenvalue weighted by molar-refractivity contribution is 5.90. The molecule has 2 rings (SSSR count). The number of nitrogens with zero attached hydrogens (tertiary/aromatic N) is 1. The van der Waals surface area contributed by atoms with Crippen LogP contribution in [-0.4, -0.2) is 47.6 Å². The summed E-state index contributed by atoms with van der Waals surface area (Å²) in [5, 5.41) is 12.0. The number of amides is 1. The molecule has 0 bridgehead atoms. The summed E-state index contributed by atoms with van der Waals surface area (Å²) in [6.07, 6.45) is -0.565. The number of ketones is 1. The van der Waals surface area contributed by atoms with Crippen molar-refractivity contribution in [3.05, 3.63) is 0 Å². The lowest BCUT2D eigenvalue weighted by atomic mass is 9.65. The summed E-state index contributed by atoms with van der Waals surface area (Å²) >= 11 is 0. The smallest absolute Gasteiger partial charge is 0.407 e. The first-order valence-corrected chi connectivity index (χ1v) is 4.84. The summed E-state index contributed by atoms with van der Waals surface area (Å²) in [5.74, 6) is 0.0418. The molecule has 0 aromatic carbocycles. The fourth-order valence-corrected chi connectivity index (χ4v) is 2.37. The maximum atomic E-state index is 11.6. The van der Waals surface area contributed by atoms with Crippen molar-refractivity contribution >= 4 is 11.9 Å². The van der Waals surface area contributed by atoms with E-state index in [9.17, 15) is 9.59 Å². The van der Waals surface area contributed by atoms with E-state index in [4.69, 9.17) is 5.11 Å².